The van der Waals surface area contributed by atoms with Crippen LogP contribution in [0.5, 0.6) is 0 Å². The molecule has 0 unspecified atom stereocenters. The molecule has 52 valence electrons. The van der Waals surface area contributed by atoms with Crippen molar-refractivity contribution in [2.24, 2.45) is 0 Å². The zero-order chi connectivity index (χ0) is 7.40. The van der Waals surface area contributed by atoms with Crippen LogP contribution in [0.4, 0.5) is 0 Å². The second kappa shape index (κ2) is 4.77. The molecule has 0 bridgehead atoms. The van der Waals surface area contributed by atoms with Crippen molar-refractivity contribution < 1.29 is 18.0 Å². The minimum absolute atomic E-state index is 1.17. The Bertz CT molecular complexity index is 231. The monoisotopic (exact) mass is 358 g/mol. The first-order valence-corrected chi connectivity index (χ1v) is 17.4. The van der Waals surface area contributed by atoms with Crippen LogP contribution >= 0.6 is 22.6 Å². The first-order chi connectivity index (χ1) is 4.79. The molecule has 0 atom stereocenters. The molecule has 1 rings (SSSR count). The third-order valence-corrected chi connectivity index (χ3v) is 10.5. The van der Waals surface area contributed by atoms with Crippen LogP contribution in [0.25, 0.3) is 0 Å². The first-order valence-electron chi connectivity index (χ1n) is 2.74. The predicted molar refractivity (Wildman–Crippen MR) is 44.7 cm³/mol. The van der Waals surface area contributed by atoms with Crippen molar-refractivity contribution in [2.45, 2.75) is 0 Å². The van der Waals surface area contributed by atoms with Crippen molar-refractivity contribution in [1.29, 1.82) is 0 Å². The molecule has 4 heteroatoms. The van der Waals surface area contributed by atoms with Crippen LogP contribution in [0, 0.1) is 0 Å². The van der Waals surface area contributed by atoms with Crippen LogP contribution < -0.4 is 5.30 Å². The molecule has 0 aliphatic carbocycles. The number of hydrogen-bond donors (Lipinski definition) is 0. The van der Waals surface area contributed by atoms with Gasteiger partial charge >= 0.3 is 76.2 Å². The van der Waals surface area contributed by atoms with Gasteiger partial charge in [-0.3, -0.25) is 0 Å². The Morgan fingerprint density at radius 3 is 2.20 bits per heavy atom. The molecule has 0 saturated heterocycles. The Balaban J connectivity index is 2.87. The fraction of sp³-hybridized carbons (Fsp3) is 0. The van der Waals surface area contributed by atoms with E-state index in [0.29, 0.717) is 0 Å². The second-order valence-electron chi connectivity index (χ2n) is 1.69. The SMILES string of the molecule is [Cl][Hf]([Cl])=[P]c1ccccc1. The molecular formula is C6H5Cl2HfP. The van der Waals surface area contributed by atoms with Gasteiger partial charge in [-0.2, -0.15) is 0 Å². The van der Waals surface area contributed by atoms with Gasteiger partial charge in [0.25, 0.3) is 0 Å². The molecule has 0 nitrogen and oxygen atoms in total. The molecule has 0 radical (unpaired) electrons. The van der Waals surface area contributed by atoms with Crippen molar-refractivity contribution in [2.75, 3.05) is 0 Å². The zero-order valence-corrected chi connectivity index (χ0v) is 11.1. The average Bonchev–Trinajstić information content (AvgIpc) is 1.88. The first kappa shape index (κ1) is 9.06. The van der Waals surface area contributed by atoms with Crippen LogP contribution in [0.15, 0.2) is 30.3 Å². The third-order valence-electron chi connectivity index (χ3n) is 0.970. The summed E-state index contributed by atoms with van der Waals surface area (Å²) in [4.78, 5) is 0. The van der Waals surface area contributed by atoms with E-state index < -0.39 is 18.0 Å². The number of hydrogen-bond acceptors (Lipinski definition) is 0. The van der Waals surface area contributed by atoms with E-state index in [1.54, 1.807) is 0 Å². The van der Waals surface area contributed by atoms with E-state index in [2.05, 4.69) is 12.1 Å². The molecule has 0 N–H and O–H groups in total. The summed E-state index contributed by atoms with van der Waals surface area (Å²) in [7, 11) is 11.6. The van der Waals surface area contributed by atoms with Gasteiger partial charge in [-0.1, -0.05) is 0 Å². The Hall–Kier alpha value is 0.970. The molecule has 0 aliphatic rings. The summed E-state index contributed by atoms with van der Waals surface area (Å²) in [6.45, 7) is 0. The van der Waals surface area contributed by atoms with Gasteiger partial charge in [0.05, 0.1) is 0 Å². The Kier molecular flexibility index (Phi) is 4.32. The third kappa shape index (κ3) is 3.39. The fourth-order valence-corrected chi connectivity index (χ4v) is 9.62. The molecule has 0 spiro atoms. The molecule has 0 fully saturated rings. The van der Waals surface area contributed by atoms with Gasteiger partial charge in [-0.15, -0.1) is 0 Å². The van der Waals surface area contributed by atoms with E-state index in [1.165, 1.54) is 10.8 Å². The summed E-state index contributed by atoms with van der Waals surface area (Å²) in [5.41, 5.74) is 1.17. The van der Waals surface area contributed by atoms with E-state index in [9.17, 15) is 0 Å². The molecule has 0 aromatic heterocycles. The van der Waals surface area contributed by atoms with Gasteiger partial charge in [-0.05, 0) is 0 Å². The molecule has 10 heavy (non-hydrogen) atoms. The standard InChI is InChI=1S/C6H5P.2ClH.Hf/c7-6-4-2-1-3-5-6;;;/h1-5H;2*1H;/q;;;+2/p-2. The van der Waals surface area contributed by atoms with Gasteiger partial charge in [0.2, 0.25) is 0 Å². The van der Waals surface area contributed by atoms with E-state index in [1.807, 2.05) is 18.2 Å². The molecule has 0 saturated carbocycles. The van der Waals surface area contributed by atoms with Crippen molar-refractivity contribution >= 4 is 27.9 Å². The van der Waals surface area contributed by atoms with Crippen molar-refractivity contribution in [1.82, 2.24) is 0 Å². The Labute approximate surface area is 75.7 Å². The van der Waals surface area contributed by atoms with Crippen LogP contribution in [0.2, 0.25) is 0 Å². The van der Waals surface area contributed by atoms with Crippen molar-refractivity contribution in [3.05, 3.63) is 30.3 Å². The normalized spacial score (nSPS) is 9.80. The zero-order valence-electron chi connectivity index (χ0n) is 5.09. The summed E-state index contributed by atoms with van der Waals surface area (Å²) in [5.74, 6) is 0. The minimum atomic E-state index is -2.10. The maximum absolute atomic E-state index is 5.78. The Morgan fingerprint density at radius 1 is 1.10 bits per heavy atom. The molecule has 0 heterocycles. The van der Waals surface area contributed by atoms with Gasteiger partial charge in [0.1, 0.15) is 0 Å². The van der Waals surface area contributed by atoms with E-state index in [-0.39, 0.29) is 0 Å². The average molecular weight is 357 g/mol. The maximum atomic E-state index is 5.78. The molecule has 0 amide bonds. The summed E-state index contributed by atoms with van der Waals surface area (Å²) < 4.78 is 0. The Morgan fingerprint density at radius 2 is 1.70 bits per heavy atom. The molecule has 1 aromatic rings. The van der Waals surface area contributed by atoms with Crippen molar-refractivity contribution in [3.8, 4) is 0 Å². The topological polar surface area (TPSA) is 0 Å². The van der Waals surface area contributed by atoms with Crippen molar-refractivity contribution in [3.63, 3.8) is 0 Å². The summed E-state index contributed by atoms with van der Waals surface area (Å²) >= 11 is -2.10. The van der Waals surface area contributed by atoms with Gasteiger partial charge in [0, 0.05) is 0 Å². The summed E-state index contributed by atoms with van der Waals surface area (Å²) in [6.07, 6.45) is 0. The van der Waals surface area contributed by atoms with Crippen LogP contribution in [-0.2, 0) is 18.0 Å². The fourth-order valence-electron chi connectivity index (χ4n) is 0.600. The van der Waals surface area contributed by atoms with Gasteiger partial charge in [-0.25, -0.2) is 0 Å². The molecule has 1 aromatic carbocycles. The second-order valence-corrected chi connectivity index (χ2v) is 22.3. The van der Waals surface area contributed by atoms with Gasteiger partial charge in [0.15, 0.2) is 0 Å². The number of rotatable bonds is 1. The van der Waals surface area contributed by atoms with Crippen LogP contribution in [-0.4, -0.2) is 0 Å². The van der Waals surface area contributed by atoms with E-state index in [0.717, 1.165) is 0 Å². The summed E-state index contributed by atoms with van der Waals surface area (Å²) in [6, 6.07) is 10.1. The van der Waals surface area contributed by atoms with Gasteiger partial charge < -0.3 is 0 Å². The van der Waals surface area contributed by atoms with E-state index >= 15 is 0 Å². The van der Waals surface area contributed by atoms with Crippen LogP contribution in [0.1, 0.15) is 0 Å². The number of halogens is 2. The predicted octanol–water partition coefficient (Wildman–Crippen LogP) is 3.10. The number of benzene rings is 1. The summed E-state index contributed by atoms with van der Waals surface area (Å²) in [5, 5.41) is 1.25. The van der Waals surface area contributed by atoms with E-state index in [4.69, 9.17) is 17.2 Å². The molecule has 0 aliphatic heterocycles. The quantitative estimate of drug-likeness (QED) is 0.535. The van der Waals surface area contributed by atoms with Crippen LogP contribution in [0.3, 0.4) is 0 Å². The molecular weight excluding hydrogens is 352 g/mol.